The molecule has 1 aromatic heterocycles. The first-order chi connectivity index (χ1) is 9.18. The summed E-state index contributed by atoms with van der Waals surface area (Å²) in [5, 5.41) is 5.21. The van der Waals surface area contributed by atoms with Gasteiger partial charge in [-0.2, -0.15) is 0 Å². The van der Waals surface area contributed by atoms with E-state index < -0.39 is 0 Å². The van der Waals surface area contributed by atoms with E-state index in [1.807, 2.05) is 19.1 Å². The van der Waals surface area contributed by atoms with Crippen LogP contribution in [0, 0.1) is 6.92 Å². The van der Waals surface area contributed by atoms with Crippen molar-refractivity contribution in [1.82, 2.24) is 10.3 Å². The Labute approximate surface area is 138 Å². The number of fused-ring (bicyclic) bond motifs is 1. The topological polar surface area (TPSA) is 28.2 Å². The normalized spacial score (nSPS) is 15.2. The molecule has 0 unspecified atom stereocenters. The smallest absolute Gasteiger partial charge is 0.0913 e. The van der Waals surface area contributed by atoms with Gasteiger partial charge in [-0.15, -0.1) is 12.4 Å². The largest absolute Gasteiger partial charge is 0.367 e. The molecule has 1 fully saturated rings. The second-order valence-electron chi connectivity index (χ2n) is 4.73. The lowest BCUT2D eigenvalue weighted by atomic mass is 10.1. The second-order valence-corrected chi connectivity index (χ2v) is 5.93. The number of anilines is 1. The van der Waals surface area contributed by atoms with E-state index in [-0.39, 0.29) is 12.4 Å². The average Bonchev–Trinajstić information content (AvgIpc) is 2.42. The average molecular weight is 377 g/mol. The maximum absolute atomic E-state index is 6.28. The van der Waals surface area contributed by atoms with Gasteiger partial charge >= 0.3 is 0 Å². The van der Waals surface area contributed by atoms with Crippen LogP contribution in [0.1, 0.15) is 5.69 Å². The molecule has 108 valence electrons. The van der Waals surface area contributed by atoms with Crippen LogP contribution in [0.4, 0.5) is 5.69 Å². The fourth-order valence-corrected chi connectivity index (χ4v) is 3.29. The number of pyridine rings is 1. The Morgan fingerprint density at radius 1 is 1.30 bits per heavy atom. The van der Waals surface area contributed by atoms with Crippen LogP contribution in [-0.4, -0.2) is 31.2 Å². The number of hydrogen-bond acceptors (Lipinski definition) is 3. The van der Waals surface area contributed by atoms with Crippen molar-refractivity contribution in [3.8, 4) is 0 Å². The van der Waals surface area contributed by atoms with Gasteiger partial charge in [-0.05, 0) is 28.9 Å². The number of para-hydroxylation sites is 1. The number of rotatable bonds is 1. The van der Waals surface area contributed by atoms with Crippen LogP contribution in [-0.2, 0) is 0 Å². The van der Waals surface area contributed by atoms with Gasteiger partial charge in [-0.1, -0.05) is 23.7 Å². The molecule has 6 heteroatoms. The van der Waals surface area contributed by atoms with Gasteiger partial charge in [0.2, 0.25) is 0 Å². The SMILES string of the molecule is Cc1nc2c(Cl)cccc2c(N2CCNCC2)c1Br.Cl. The zero-order chi connectivity index (χ0) is 13.4. The summed E-state index contributed by atoms with van der Waals surface area (Å²) < 4.78 is 1.07. The van der Waals surface area contributed by atoms with E-state index >= 15 is 0 Å². The maximum atomic E-state index is 6.28. The number of piperazine rings is 1. The number of benzene rings is 1. The van der Waals surface area contributed by atoms with E-state index in [1.165, 1.54) is 5.69 Å². The van der Waals surface area contributed by atoms with Gasteiger partial charge in [0.1, 0.15) is 0 Å². The van der Waals surface area contributed by atoms with Crippen LogP contribution in [0.25, 0.3) is 10.9 Å². The van der Waals surface area contributed by atoms with Crippen LogP contribution in [0.2, 0.25) is 5.02 Å². The van der Waals surface area contributed by atoms with E-state index in [0.29, 0.717) is 5.02 Å². The monoisotopic (exact) mass is 375 g/mol. The van der Waals surface area contributed by atoms with Gasteiger partial charge < -0.3 is 10.2 Å². The second kappa shape index (κ2) is 6.48. The highest BCUT2D eigenvalue weighted by Crippen LogP contribution is 2.37. The van der Waals surface area contributed by atoms with Crippen LogP contribution < -0.4 is 10.2 Å². The van der Waals surface area contributed by atoms with Crippen molar-refractivity contribution in [2.45, 2.75) is 6.92 Å². The minimum Gasteiger partial charge on any atom is -0.367 e. The number of aromatic nitrogens is 1. The van der Waals surface area contributed by atoms with Gasteiger partial charge in [0.05, 0.1) is 26.4 Å². The molecule has 1 aromatic carbocycles. The Morgan fingerprint density at radius 2 is 2.00 bits per heavy atom. The summed E-state index contributed by atoms with van der Waals surface area (Å²) in [5.74, 6) is 0. The first-order valence-corrected chi connectivity index (χ1v) is 7.55. The van der Waals surface area contributed by atoms with E-state index in [2.05, 4.69) is 37.2 Å². The molecule has 0 spiro atoms. The van der Waals surface area contributed by atoms with Gasteiger partial charge in [-0.3, -0.25) is 4.98 Å². The third-order valence-electron chi connectivity index (χ3n) is 3.48. The number of nitrogens with one attached hydrogen (secondary N) is 1. The zero-order valence-electron chi connectivity index (χ0n) is 11.1. The first kappa shape index (κ1) is 15.8. The number of halogens is 3. The fourth-order valence-electron chi connectivity index (χ4n) is 2.52. The summed E-state index contributed by atoms with van der Waals surface area (Å²) in [5.41, 5.74) is 3.08. The minimum absolute atomic E-state index is 0. The van der Waals surface area contributed by atoms with Gasteiger partial charge in [0.25, 0.3) is 0 Å². The number of nitrogens with zero attached hydrogens (tertiary/aromatic N) is 2. The van der Waals surface area contributed by atoms with Crippen molar-refractivity contribution in [3.05, 3.63) is 33.4 Å². The molecule has 0 bridgehead atoms. The Bertz CT molecular complexity index is 627. The van der Waals surface area contributed by atoms with Crippen molar-refractivity contribution in [2.24, 2.45) is 0 Å². The Kier molecular flexibility index (Phi) is 5.13. The van der Waals surface area contributed by atoms with Crippen molar-refractivity contribution in [1.29, 1.82) is 0 Å². The molecule has 1 N–H and O–H groups in total. The van der Waals surface area contributed by atoms with Crippen molar-refractivity contribution < 1.29 is 0 Å². The van der Waals surface area contributed by atoms with E-state index in [1.54, 1.807) is 0 Å². The van der Waals surface area contributed by atoms with Crippen molar-refractivity contribution in [3.63, 3.8) is 0 Å². The summed E-state index contributed by atoms with van der Waals surface area (Å²) >= 11 is 9.98. The van der Waals surface area contributed by atoms with Crippen LogP contribution in [0.15, 0.2) is 22.7 Å². The highest BCUT2D eigenvalue weighted by molar-refractivity contribution is 9.10. The van der Waals surface area contributed by atoms with Crippen LogP contribution in [0.3, 0.4) is 0 Å². The quantitative estimate of drug-likeness (QED) is 0.820. The third kappa shape index (κ3) is 2.75. The van der Waals surface area contributed by atoms with Gasteiger partial charge in [0, 0.05) is 31.6 Å². The minimum atomic E-state index is 0. The summed E-state index contributed by atoms with van der Waals surface area (Å²) in [6, 6.07) is 5.97. The number of hydrogen-bond donors (Lipinski definition) is 1. The van der Waals surface area contributed by atoms with Crippen molar-refractivity contribution >= 4 is 56.5 Å². The molecule has 2 heterocycles. The molecule has 2 aromatic rings. The lowest BCUT2D eigenvalue weighted by molar-refractivity contribution is 0.589. The maximum Gasteiger partial charge on any atom is 0.0913 e. The molecule has 1 saturated heterocycles. The van der Waals surface area contributed by atoms with E-state index in [0.717, 1.165) is 47.2 Å². The van der Waals surface area contributed by atoms with E-state index in [4.69, 9.17) is 11.6 Å². The first-order valence-electron chi connectivity index (χ1n) is 6.38. The van der Waals surface area contributed by atoms with Gasteiger partial charge in [0.15, 0.2) is 0 Å². The van der Waals surface area contributed by atoms with Crippen LogP contribution in [0.5, 0.6) is 0 Å². The molecule has 0 aliphatic carbocycles. The molecule has 0 radical (unpaired) electrons. The summed E-state index contributed by atoms with van der Waals surface area (Å²) in [6.07, 6.45) is 0. The molecular formula is C14H16BrCl2N3. The molecule has 20 heavy (non-hydrogen) atoms. The molecule has 0 atom stereocenters. The van der Waals surface area contributed by atoms with Crippen LogP contribution >= 0.6 is 39.9 Å². The lowest BCUT2D eigenvalue weighted by Gasteiger charge is -2.31. The number of aryl methyl sites for hydroxylation is 1. The molecule has 3 rings (SSSR count). The van der Waals surface area contributed by atoms with Crippen molar-refractivity contribution in [2.75, 3.05) is 31.1 Å². The predicted molar refractivity (Wildman–Crippen MR) is 91.5 cm³/mol. The Morgan fingerprint density at radius 3 is 2.70 bits per heavy atom. The molecule has 1 aliphatic heterocycles. The standard InChI is InChI=1S/C14H15BrClN3.ClH/c1-9-12(15)14(19-7-5-17-6-8-19)10-3-2-4-11(16)13(10)18-9;/h2-4,17H,5-8H2,1H3;1H. The molecular weight excluding hydrogens is 361 g/mol. The Hall–Kier alpha value is -0.550. The van der Waals surface area contributed by atoms with Gasteiger partial charge in [-0.25, -0.2) is 0 Å². The predicted octanol–water partition coefficient (Wildman–Crippen LogP) is 3.79. The fraction of sp³-hybridized carbons (Fsp3) is 0.357. The molecule has 1 aliphatic rings. The molecule has 0 saturated carbocycles. The highest BCUT2D eigenvalue weighted by atomic mass is 79.9. The lowest BCUT2D eigenvalue weighted by Crippen LogP contribution is -2.43. The molecule has 0 amide bonds. The highest BCUT2D eigenvalue weighted by Gasteiger charge is 2.19. The Balaban J connectivity index is 0.00000147. The summed E-state index contributed by atoms with van der Waals surface area (Å²) in [7, 11) is 0. The summed E-state index contributed by atoms with van der Waals surface area (Å²) in [6.45, 7) is 6.04. The summed E-state index contributed by atoms with van der Waals surface area (Å²) in [4.78, 5) is 7.01. The zero-order valence-corrected chi connectivity index (χ0v) is 14.3. The van der Waals surface area contributed by atoms with E-state index in [9.17, 15) is 0 Å². The molecule has 3 nitrogen and oxygen atoms in total. The third-order valence-corrected chi connectivity index (χ3v) is 4.73.